The maximum atomic E-state index is 13.4. The minimum atomic E-state index is -3.88. The van der Waals surface area contributed by atoms with Crippen LogP contribution < -0.4 is 9.62 Å². The van der Waals surface area contributed by atoms with Gasteiger partial charge in [0.15, 0.2) is 0 Å². The molecule has 0 unspecified atom stereocenters. The van der Waals surface area contributed by atoms with E-state index in [1.165, 1.54) is 36.4 Å². The zero-order chi connectivity index (χ0) is 23.0. The Morgan fingerprint density at radius 3 is 2.53 bits per heavy atom. The predicted octanol–water partition coefficient (Wildman–Crippen LogP) is 5.53. The van der Waals surface area contributed by atoms with E-state index in [0.717, 1.165) is 27.5 Å². The summed E-state index contributed by atoms with van der Waals surface area (Å²) in [4.78, 5) is 12.8. The summed E-state index contributed by atoms with van der Waals surface area (Å²) in [5.74, 6) is 0.713. The monoisotopic (exact) mass is 538 g/mol. The number of aryl methyl sites for hydroxylation is 1. The molecule has 1 aliphatic rings. The SMILES string of the molecule is Cc1ccc(S(=O)(=O)N(CC(=O)NCCCSC2CCCCC2)c2cccc(Br)c2)cc1. The highest BCUT2D eigenvalue weighted by Gasteiger charge is 2.27. The molecule has 0 saturated heterocycles. The average molecular weight is 540 g/mol. The third-order valence-electron chi connectivity index (χ3n) is 5.54. The van der Waals surface area contributed by atoms with Crippen molar-refractivity contribution in [2.24, 2.45) is 0 Å². The molecule has 5 nitrogen and oxygen atoms in total. The second kappa shape index (κ2) is 12.1. The maximum absolute atomic E-state index is 13.4. The Balaban J connectivity index is 1.62. The molecule has 174 valence electrons. The van der Waals surface area contributed by atoms with Crippen LogP contribution in [0.1, 0.15) is 44.1 Å². The van der Waals surface area contributed by atoms with Crippen molar-refractivity contribution in [1.82, 2.24) is 5.32 Å². The van der Waals surface area contributed by atoms with Crippen molar-refractivity contribution in [3.05, 3.63) is 58.6 Å². The Kier molecular flexibility index (Phi) is 9.49. The number of benzene rings is 2. The van der Waals surface area contributed by atoms with Crippen LogP contribution in [0.5, 0.6) is 0 Å². The number of amides is 1. The molecule has 1 aliphatic carbocycles. The molecule has 8 heteroatoms. The summed E-state index contributed by atoms with van der Waals surface area (Å²) >= 11 is 5.40. The fourth-order valence-electron chi connectivity index (χ4n) is 3.75. The fraction of sp³-hybridized carbons (Fsp3) is 0.458. The first-order valence-corrected chi connectivity index (χ1v) is 14.4. The molecule has 0 radical (unpaired) electrons. The quantitative estimate of drug-likeness (QED) is 0.404. The number of halogens is 1. The molecule has 0 heterocycles. The first kappa shape index (κ1) is 25.1. The Labute approximate surface area is 204 Å². The number of nitrogens with one attached hydrogen (secondary N) is 1. The van der Waals surface area contributed by atoms with Gasteiger partial charge >= 0.3 is 0 Å². The largest absolute Gasteiger partial charge is 0.354 e. The summed E-state index contributed by atoms with van der Waals surface area (Å²) in [6.07, 6.45) is 7.50. The average Bonchev–Trinajstić information content (AvgIpc) is 2.78. The topological polar surface area (TPSA) is 66.5 Å². The van der Waals surface area contributed by atoms with E-state index in [-0.39, 0.29) is 17.3 Å². The van der Waals surface area contributed by atoms with E-state index in [1.54, 1.807) is 42.5 Å². The van der Waals surface area contributed by atoms with Crippen LogP contribution in [0.25, 0.3) is 0 Å². The zero-order valence-corrected chi connectivity index (χ0v) is 21.6. The Morgan fingerprint density at radius 1 is 1.12 bits per heavy atom. The van der Waals surface area contributed by atoms with Gasteiger partial charge in [0, 0.05) is 16.3 Å². The molecule has 2 aromatic rings. The molecule has 0 spiro atoms. The van der Waals surface area contributed by atoms with Gasteiger partial charge in [-0.1, -0.05) is 59.0 Å². The lowest BCUT2D eigenvalue weighted by molar-refractivity contribution is -0.119. The predicted molar refractivity (Wildman–Crippen MR) is 137 cm³/mol. The number of hydrogen-bond donors (Lipinski definition) is 1. The van der Waals surface area contributed by atoms with Crippen molar-refractivity contribution in [2.75, 3.05) is 23.1 Å². The summed E-state index contributed by atoms with van der Waals surface area (Å²) in [5.41, 5.74) is 1.42. The molecule has 2 aromatic carbocycles. The molecule has 3 rings (SSSR count). The van der Waals surface area contributed by atoms with E-state index in [4.69, 9.17) is 0 Å². The molecule has 0 atom stereocenters. The summed E-state index contributed by atoms with van der Waals surface area (Å²) in [7, 11) is -3.88. The Bertz CT molecular complexity index is 991. The van der Waals surface area contributed by atoms with Crippen molar-refractivity contribution in [1.29, 1.82) is 0 Å². The van der Waals surface area contributed by atoms with E-state index in [0.29, 0.717) is 12.2 Å². The molecule has 0 aromatic heterocycles. The first-order valence-electron chi connectivity index (χ1n) is 11.1. The fourth-order valence-corrected chi connectivity index (χ4v) is 6.86. The van der Waals surface area contributed by atoms with E-state index < -0.39 is 10.0 Å². The van der Waals surface area contributed by atoms with Gasteiger partial charge in [-0.2, -0.15) is 11.8 Å². The van der Waals surface area contributed by atoms with Gasteiger partial charge in [0.2, 0.25) is 5.91 Å². The molecule has 1 N–H and O–H groups in total. The minimum Gasteiger partial charge on any atom is -0.354 e. The van der Waals surface area contributed by atoms with Gasteiger partial charge < -0.3 is 5.32 Å². The second-order valence-electron chi connectivity index (χ2n) is 8.14. The molecule has 1 fully saturated rings. The van der Waals surface area contributed by atoms with Crippen molar-refractivity contribution in [3.8, 4) is 0 Å². The molecule has 1 amide bonds. The van der Waals surface area contributed by atoms with Crippen molar-refractivity contribution < 1.29 is 13.2 Å². The molecular weight excluding hydrogens is 508 g/mol. The van der Waals surface area contributed by atoms with Gasteiger partial charge in [0.1, 0.15) is 6.54 Å². The number of rotatable bonds is 10. The summed E-state index contributed by atoms with van der Waals surface area (Å²) in [6.45, 7) is 2.19. The van der Waals surface area contributed by atoms with Crippen LogP contribution in [-0.4, -0.2) is 38.4 Å². The number of hydrogen-bond acceptors (Lipinski definition) is 4. The molecule has 0 bridgehead atoms. The lowest BCUT2D eigenvalue weighted by Gasteiger charge is -2.24. The summed E-state index contributed by atoms with van der Waals surface area (Å²) in [6, 6.07) is 13.7. The number of sulfonamides is 1. The standard InChI is InChI=1S/C24H31BrN2O3S2/c1-19-11-13-23(14-12-19)32(29,30)27(21-8-5-7-20(25)17-21)18-24(28)26-15-6-16-31-22-9-3-2-4-10-22/h5,7-8,11-14,17,22H,2-4,6,9-10,15-16,18H2,1H3,(H,26,28). The minimum absolute atomic E-state index is 0.166. The molecule has 1 saturated carbocycles. The van der Waals surface area contributed by atoms with Crippen molar-refractivity contribution in [2.45, 2.75) is 55.6 Å². The lowest BCUT2D eigenvalue weighted by atomic mass is 10.0. The van der Waals surface area contributed by atoms with Crippen LogP contribution in [0.3, 0.4) is 0 Å². The highest BCUT2D eigenvalue weighted by Crippen LogP contribution is 2.28. The number of thioether (sulfide) groups is 1. The molecule has 0 aliphatic heterocycles. The van der Waals surface area contributed by atoms with E-state index >= 15 is 0 Å². The van der Waals surface area contributed by atoms with Gasteiger partial charge in [-0.25, -0.2) is 8.42 Å². The third-order valence-corrected chi connectivity index (χ3v) is 9.29. The Hall–Kier alpha value is -1.51. The Morgan fingerprint density at radius 2 is 1.84 bits per heavy atom. The van der Waals surface area contributed by atoms with Crippen molar-refractivity contribution in [3.63, 3.8) is 0 Å². The van der Waals surface area contributed by atoms with Crippen LogP contribution in [0.15, 0.2) is 57.9 Å². The van der Waals surface area contributed by atoms with E-state index in [2.05, 4.69) is 21.2 Å². The van der Waals surface area contributed by atoms with Gasteiger partial charge in [-0.15, -0.1) is 0 Å². The van der Waals surface area contributed by atoms with Gasteiger partial charge in [0.25, 0.3) is 10.0 Å². The molecule has 32 heavy (non-hydrogen) atoms. The van der Waals surface area contributed by atoms with Crippen molar-refractivity contribution >= 4 is 49.3 Å². The third kappa shape index (κ3) is 7.25. The van der Waals surface area contributed by atoms with Gasteiger partial charge in [-0.3, -0.25) is 9.10 Å². The number of carbonyl (C=O) groups is 1. The normalized spacial score (nSPS) is 14.8. The van der Waals surface area contributed by atoms with E-state index in [1.807, 2.05) is 24.8 Å². The van der Waals surface area contributed by atoms with Crippen LogP contribution >= 0.6 is 27.7 Å². The number of anilines is 1. The van der Waals surface area contributed by atoms with E-state index in [9.17, 15) is 13.2 Å². The van der Waals surface area contributed by atoms with Crippen LogP contribution in [0, 0.1) is 6.92 Å². The zero-order valence-electron chi connectivity index (χ0n) is 18.4. The lowest BCUT2D eigenvalue weighted by Crippen LogP contribution is -2.41. The number of nitrogens with zero attached hydrogens (tertiary/aromatic N) is 1. The first-order chi connectivity index (χ1) is 15.4. The van der Waals surface area contributed by atoms with Crippen LogP contribution in [-0.2, 0) is 14.8 Å². The second-order valence-corrected chi connectivity index (χ2v) is 12.3. The number of carbonyl (C=O) groups excluding carboxylic acids is 1. The van der Waals surface area contributed by atoms with Gasteiger partial charge in [-0.05, 0) is 62.3 Å². The maximum Gasteiger partial charge on any atom is 0.264 e. The highest BCUT2D eigenvalue weighted by atomic mass is 79.9. The van der Waals surface area contributed by atoms with Gasteiger partial charge in [0.05, 0.1) is 10.6 Å². The smallest absolute Gasteiger partial charge is 0.264 e. The highest BCUT2D eigenvalue weighted by molar-refractivity contribution is 9.10. The summed E-state index contributed by atoms with van der Waals surface area (Å²) in [5, 5.41) is 3.65. The summed E-state index contributed by atoms with van der Waals surface area (Å²) < 4.78 is 28.7. The molecular formula is C24H31BrN2O3S2. The van der Waals surface area contributed by atoms with Crippen LogP contribution in [0.4, 0.5) is 5.69 Å². The van der Waals surface area contributed by atoms with Crippen LogP contribution in [0.2, 0.25) is 0 Å².